The Balaban J connectivity index is 1.59. The molecule has 2 heterocycles. The van der Waals surface area contributed by atoms with E-state index >= 15 is 0 Å². The Labute approximate surface area is 220 Å². The summed E-state index contributed by atoms with van der Waals surface area (Å²) in [5.41, 5.74) is 0.580. The van der Waals surface area contributed by atoms with Crippen LogP contribution in [0.2, 0.25) is 9.36 Å². The van der Waals surface area contributed by atoms with Crippen LogP contribution in [-0.2, 0) is 21.1 Å². The van der Waals surface area contributed by atoms with E-state index < -0.39 is 32.6 Å². The molecule has 4 aromatic rings. The van der Waals surface area contributed by atoms with Gasteiger partial charge in [0.15, 0.2) is 15.6 Å². The summed E-state index contributed by atoms with van der Waals surface area (Å²) in [6.07, 6.45) is 0.740. The quantitative estimate of drug-likeness (QED) is 0.309. The molecule has 0 saturated carbocycles. The number of fused-ring (bicyclic) bond motifs is 1. The van der Waals surface area contributed by atoms with Gasteiger partial charge in [0.25, 0.3) is 5.56 Å². The zero-order valence-electron chi connectivity index (χ0n) is 19.0. The van der Waals surface area contributed by atoms with E-state index in [9.17, 15) is 22.8 Å². The lowest BCUT2D eigenvalue weighted by Gasteiger charge is -2.11. The number of benzene rings is 2. The molecule has 2 aromatic carbocycles. The van der Waals surface area contributed by atoms with Gasteiger partial charge in [-0.3, -0.25) is 9.59 Å². The molecule has 0 unspecified atom stereocenters. The van der Waals surface area contributed by atoms with Crippen LogP contribution in [0.3, 0.4) is 0 Å². The number of nitrogens with one attached hydrogen (secondary N) is 2. The summed E-state index contributed by atoms with van der Waals surface area (Å²) >= 11 is 13.1. The highest BCUT2D eigenvalue weighted by molar-refractivity contribution is 7.94. The molecule has 2 N–H and O–H groups in total. The standard InChI is InChI=1S/C24H21Cl2N3O5S2/c1-2-9-27-15-4-5-17-19(12-15)28-24(32)29(23(17)31)20-6-3-14(11-18(20)25)10-16(30)13-36(33,34)22-8-7-21(26)35-22/h3-8,11-12,27H,2,9-10,13H2,1H3,(H,28,32). The molecule has 4 rings (SSSR count). The van der Waals surface area contributed by atoms with Crippen molar-refractivity contribution < 1.29 is 13.2 Å². The van der Waals surface area contributed by atoms with Gasteiger partial charge in [0, 0.05) is 18.7 Å². The summed E-state index contributed by atoms with van der Waals surface area (Å²) in [5.74, 6) is -1.21. The third kappa shape index (κ3) is 5.57. The van der Waals surface area contributed by atoms with E-state index in [4.69, 9.17) is 23.2 Å². The minimum Gasteiger partial charge on any atom is -0.385 e. The summed E-state index contributed by atoms with van der Waals surface area (Å²) in [5, 5.41) is 3.59. The number of nitrogens with zero attached hydrogens (tertiary/aromatic N) is 1. The second-order valence-corrected chi connectivity index (χ2v) is 12.4. The Kier molecular flexibility index (Phi) is 7.70. The molecule has 12 heteroatoms. The van der Waals surface area contributed by atoms with Gasteiger partial charge in [-0.05, 0) is 54.4 Å². The number of carbonyl (C=O) groups excluding carboxylic acids is 1. The fraction of sp³-hybridized carbons (Fsp3) is 0.208. The van der Waals surface area contributed by atoms with E-state index in [0.29, 0.717) is 20.8 Å². The topological polar surface area (TPSA) is 118 Å². The Hall–Kier alpha value is -2.92. The maximum Gasteiger partial charge on any atom is 0.333 e. The van der Waals surface area contributed by atoms with Gasteiger partial charge in [-0.25, -0.2) is 17.8 Å². The second kappa shape index (κ2) is 10.6. The minimum atomic E-state index is -3.80. The molecule has 0 aliphatic carbocycles. The van der Waals surface area contributed by atoms with Crippen molar-refractivity contribution in [3.8, 4) is 5.69 Å². The number of rotatable bonds is 9. The zero-order valence-corrected chi connectivity index (χ0v) is 22.2. The van der Waals surface area contributed by atoms with E-state index in [-0.39, 0.29) is 21.3 Å². The maximum atomic E-state index is 13.1. The lowest BCUT2D eigenvalue weighted by Crippen LogP contribution is -2.33. The molecule has 0 saturated heterocycles. The lowest BCUT2D eigenvalue weighted by molar-refractivity contribution is -0.116. The van der Waals surface area contributed by atoms with Crippen molar-refractivity contribution in [3.05, 3.63) is 84.3 Å². The van der Waals surface area contributed by atoms with Gasteiger partial charge in [0.2, 0.25) is 0 Å². The zero-order chi connectivity index (χ0) is 26.0. The maximum absolute atomic E-state index is 13.1. The molecule has 0 atom stereocenters. The number of Topliss-reactive ketones (excluding diaryl/α,β-unsaturated/α-hetero) is 1. The first-order valence-corrected chi connectivity index (χ1v) is 14.1. The summed E-state index contributed by atoms with van der Waals surface area (Å²) in [7, 11) is -3.80. The Morgan fingerprint density at radius 2 is 1.86 bits per heavy atom. The third-order valence-electron chi connectivity index (χ3n) is 5.34. The molecule has 0 radical (unpaired) electrons. The van der Waals surface area contributed by atoms with Crippen LogP contribution in [0.5, 0.6) is 0 Å². The molecule has 0 aliphatic heterocycles. The van der Waals surface area contributed by atoms with Gasteiger partial charge >= 0.3 is 5.69 Å². The Morgan fingerprint density at radius 1 is 1.08 bits per heavy atom. The number of anilines is 1. The highest BCUT2D eigenvalue weighted by atomic mass is 35.5. The van der Waals surface area contributed by atoms with E-state index in [1.54, 1.807) is 18.2 Å². The molecule has 0 spiro atoms. The van der Waals surface area contributed by atoms with Crippen LogP contribution >= 0.6 is 34.5 Å². The molecule has 2 aromatic heterocycles. The number of ketones is 1. The molecule has 0 aliphatic rings. The third-order valence-corrected chi connectivity index (χ3v) is 9.13. The molecule has 8 nitrogen and oxygen atoms in total. The van der Waals surface area contributed by atoms with Gasteiger partial charge in [-0.15, -0.1) is 11.3 Å². The van der Waals surface area contributed by atoms with Crippen molar-refractivity contribution in [3.63, 3.8) is 0 Å². The van der Waals surface area contributed by atoms with Gasteiger partial charge < -0.3 is 10.3 Å². The van der Waals surface area contributed by atoms with E-state index in [2.05, 4.69) is 10.3 Å². The van der Waals surface area contributed by atoms with Crippen molar-refractivity contribution >= 4 is 66.7 Å². The summed E-state index contributed by atoms with van der Waals surface area (Å²) in [6.45, 7) is 2.79. The highest BCUT2D eigenvalue weighted by Gasteiger charge is 2.22. The minimum absolute atomic E-state index is 0.0254. The van der Waals surface area contributed by atoms with Gasteiger partial charge in [-0.2, -0.15) is 0 Å². The number of sulfone groups is 1. The van der Waals surface area contributed by atoms with Crippen LogP contribution < -0.4 is 16.6 Å². The van der Waals surface area contributed by atoms with Crippen molar-refractivity contribution in [1.29, 1.82) is 0 Å². The fourth-order valence-electron chi connectivity index (χ4n) is 3.68. The molecular weight excluding hydrogens is 545 g/mol. The number of hydrogen-bond acceptors (Lipinski definition) is 7. The first kappa shape index (κ1) is 26.2. The predicted octanol–water partition coefficient (Wildman–Crippen LogP) is 4.45. The lowest BCUT2D eigenvalue weighted by atomic mass is 10.1. The number of aromatic nitrogens is 2. The highest BCUT2D eigenvalue weighted by Crippen LogP contribution is 2.27. The van der Waals surface area contributed by atoms with Crippen molar-refractivity contribution in [2.75, 3.05) is 17.6 Å². The normalized spacial score (nSPS) is 11.6. The molecule has 0 bridgehead atoms. The van der Waals surface area contributed by atoms with Gasteiger partial charge in [0.05, 0.1) is 25.9 Å². The SMILES string of the molecule is CCCNc1ccc2c(=O)n(-c3ccc(CC(=O)CS(=O)(=O)c4ccc(Cl)s4)cc3Cl)c(=O)[nH]c2c1. The molecule has 0 amide bonds. The number of hydrogen-bond donors (Lipinski definition) is 2. The largest absolute Gasteiger partial charge is 0.385 e. The smallest absolute Gasteiger partial charge is 0.333 e. The molecular formula is C24H21Cl2N3O5S2. The van der Waals surface area contributed by atoms with E-state index in [1.165, 1.54) is 30.3 Å². The van der Waals surface area contributed by atoms with E-state index in [1.807, 2.05) is 6.92 Å². The van der Waals surface area contributed by atoms with Gasteiger partial charge in [0.1, 0.15) is 9.96 Å². The number of halogens is 2. The Bertz CT molecular complexity index is 1690. The molecule has 188 valence electrons. The van der Waals surface area contributed by atoms with Crippen molar-refractivity contribution in [2.45, 2.75) is 24.0 Å². The van der Waals surface area contributed by atoms with Crippen LogP contribution in [-0.4, -0.2) is 36.0 Å². The second-order valence-electron chi connectivity index (χ2n) is 8.08. The van der Waals surface area contributed by atoms with Crippen LogP contribution in [0.25, 0.3) is 16.6 Å². The summed E-state index contributed by atoms with van der Waals surface area (Å²) in [6, 6.07) is 12.3. The van der Waals surface area contributed by atoms with Crippen LogP contribution in [0.15, 0.2) is 62.3 Å². The van der Waals surface area contributed by atoms with Crippen LogP contribution in [0.4, 0.5) is 5.69 Å². The first-order valence-electron chi connectivity index (χ1n) is 10.9. The summed E-state index contributed by atoms with van der Waals surface area (Å²) in [4.78, 5) is 41.1. The fourth-order valence-corrected chi connectivity index (χ4v) is 6.78. The molecule has 0 fully saturated rings. The molecule has 36 heavy (non-hydrogen) atoms. The number of carbonyl (C=O) groups is 1. The van der Waals surface area contributed by atoms with Crippen LogP contribution in [0, 0.1) is 0 Å². The van der Waals surface area contributed by atoms with Crippen LogP contribution in [0.1, 0.15) is 18.9 Å². The average molecular weight is 566 g/mol. The predicted molar refractivity (Wildman–Crippen MR) is 144 cm³/mol. The monoisotopic (exact) mass is 565 g/mol. The number of aromatic amines is 1. The summed E-state index contributed by atoms with van der Waals surface area (Å²) < 4.78 is 26.1. The number of H-pyrrole nitrogens is 1. The van der Waals surface area contributed by atoms with E-state index in [0.717, 1.165) is 34.6 Å². The Morgan fingerprint density at radius 3 is 2.53 bits per heavy atom. The van der Waals surface area contributed by atoms with Crippen molar-refractivity contribution in [1.82, 2.24) is 9.55 Å². The number of thiophene rings is 1. The average Bonchev–Trinajstić information content (AvgIpc) is 3.26. The van der Waals surface area contributed by atoms with Crippen molar-refractivity contribution in [2.24, 2.45) is 0 Å². The van der Waals surface area contributed by atoms with Gasteiger partial charge in [-0.1, -0.05) is 36.2 Å². The first-order chi connectivity index (χ1) is 17.1.